The molecular weight excluding hydrogens is 450 g/mol. The van der Waals surface area contributed by atoms with Crippen LogP contribution in [0.3, 0.4) is 0 Å². The van der Waals surface area contributed by atoms with Crippen molar-refractivity contribution in [2.45, 2.75) is 38.7 Å². The summed E-state index contributed by atoms with van der Waals surface area (Å²) in [4.78, 5) is 44.4. The number of anilines is 1. The van der Waals surface area contributed by atoms with Gasteiger partial charge in [-0.15, -0.1) is 11.3 Å². The van der Waals surface area contributed by atoms with Crippen LogP contribution in [0.1, 0.15) is 45.0 Å². The average molecular weight is 474 g/mol. The Labute approximate surface area is 200 Å². The highest BCUT2D eigenvalue weighted by atomic mass is 32.1. The number of nitrogens with one attached hydrogen (secondary N) is 1. The monoisotopic (exact) mass is 473 g/mol. The van der Waals surface area contributed by atoms with Gasteiger partial charge in [0.05, 0.1) is 23.4 Å². The van der Waals surface area contributed by atoms with Gasteiger partial charge in [0.1, 0.15) is 6.61 Å². The Bertz CT molecular complexity index is 1430. The summed E-state index contributed by atoms with van der Waals surface area (Å²) in [5, 5.41) is 2.79. The van der Waals surface area contributed by atoms with Gasteiger partial charge in [0.25, 0.3) is 5.56 Å². The number of nitrogens with zero attached hydrogens (tertiary/aromatic N) is 2. The van der Waals surface area contributed by atoms with Crippen molar-refractivity contribution >= 4 is 33.9 Å². The van der Waals surface area contributed by atoms with Gasteiger partial charge in [-0.2, -0.15) is 0 Å². The summed E-state index contributed by atoms with van der Waals surface area (Å²) in [5.74, 6) is -0.823. The number of hydrogen-bond acceptors (Lipinski definition) is 6. The number of fused-ring (bicyclic) bond motifs is 3. The zero-order valence-corrected chi connectivity index (χ0v) is 19.3. The molecule has 1 N–H and O–H groups in total. The fourth-order valence-electron chi connectivity index (χ4n) is 4.18. The normalized spacial score (nSPS) is 12.8. The number of esters is 1. The number of rotatable bonds is 6. The number of benzene rings is 2. The molecular formula is C26H23N3O4S. The van der Waals surface area contributed by atoms with Gasteiger partial charge in [-0.3, -0.25) is 14.0 Å². The second kappa shape index (κ2) is 9.61. The third-order valence-electron chi connectivity index (χ3n) is 5.79. The number of ether oxygens (including phenoxy) is 1. The van der Waals surface area contributed by atoms with Crippen LogP contribution in [0, 0.1) is 0 Å². The van der Waals surface area contributed by atoms with Crippen LogP contribution in [-0.4, -0.2) is 21.3 Å². The minimum atomic E-state index is -0.594. The molecule has 2 heterocycles. The van der Waals surface area contributed by atoms with Gasteiger partial charge in [-0.05, 0) is 43.4 Å². The molecule has 7 nitrogen and oxygen atoms in total. The van der Waals surface area contributed by atoms with Crippen LogP contribution in [0.5, 0.6) is 0 Å². The zero-order valence-electron chi connectivity index (χ0n) is 18.5. The molecule has 0 radical (unpaired) electrons. The summed E-state index contributed by atoms with van der Waals surface area (Å²) in [6, 6.07) is 17.5. The molecule has 0 bridgehead atoms. The fraction of sp³-hybridized carbons (Fsp3) is 0.231. The lowest BCUT2D eigenvalue weighted by Crippen LogP contribution is -2.19. The molecule has 5 rings (SSSR count). The molecule has 34 heavy (non-hydrogen) atoms. The van der Waals surface area contributed by atoms with E-state index < -0.39 is 5.97 Å². The van der Waals surface area contributed by atoms with Crippen LogP contribution in [0.2, 0.25) is 0 Å². The van der Waals surface area contributed by atoms with E-state index in [0.717, 1.165) is 36.9 Å². The Morgan fingerprint density at radius 1 is 1.03 bits per heavy atom. The minimum Gasteiger partial charge on any atom is -0.456 e. The lowest BCUT2D eigenvalue weighted by Gasteiger charge is -2.11. The van der Waals surface area contributed by atoms with Gasteiger partial charge in [-0.1, -0.05) is 42.5 Å². The number of aryl methyl sites for hydroxylation is 2. The Morgan fingerprint density at radius 2 is 1.79 bits per heavy atom. The number of para-hydroxylation sites is 1. The van der Waals surface area contributed by atoms with Crippen molar-refractivity contribution in [2.24, 2.45) is 0 Å². The number of amides is 1. The summed E-state index contributed by atoms with van der Waals surface area (Å²) in [5.41, 5.74) is 2.82. The van der Waals surface area contributed by atoms with Crippen LogP contribution < -0.4 is 10.9 Å². The molecule has 0 fully saturated rings. The summed E-state index contributed by atoms with van der Waals surface area (Å²) < 4.78 is 7.15. The highest BCUT2D eigenvalue weighted by Gasteiger charge is 2.19. The summed E-state index contributed by atoms with van der Waals surface area (Å²) in [7, 11) is 0. The minimum absolute atomic E-state index is 0.126. The van der Waals surface area contributed by atoms with E-state index in [2.05, 4.69) is 10.3 Å². The van der Waals surface area contributed by atoms with Crippen LogP contribution in [0.15, 0.2) is 65.5 Å². The molecule has 2 aromatic heterocycles. The molecule has 0 aliphatic heterocycles. The second-order valence-corrected chi connectivity index (χ2v) is 9.28. The molecule has 0 unspecified atom stereocenters. The lowest BCUT2D eigenvalue weighted by atomic mass is 10.0. The van der Waals surface area contributed by atoms with Gasteiger partial charge < -0.3 is 10.1 Å². The molecule has 1 aliphatic rings. The Hall–Kier alpha value is -3.78. The van der Waals surface area contributed by atoms with Gasteiger partial charge in [0.15, 0.2) is 4.96 Å². The Kier molecular flexibility index (Phi) is 6.22. The van der Waals surface area contributed by atoms with E-state index in [1.165, 1.54) is 22.3 Å². The molecule has 1 aliphatic carbocycles. The van der Waals surface area contributed by atoms with E-state index in [4.69, 9.17) is 4.74 Å². The summed E-state index contributed by atoms with van der Waals surface area (Å²) >= 11 is 1.53. The zero-order chi connectivity index (χ0) is 23.5. The van der Waals surface area contributed by atoms with Gasteiger partial charge in [0.2, 0.25) is 5.91 Å². The Balaban J connectivity index is 1.29. The number of carbonyl (C=O) groups excluding carboxylic acids is 2. The third kappa shape index (κ3) is 4.63. The van der Waals surface area contributed by atoms with Crippen LogP contribution in [0.25, 0.3) is 4.96 Å². The van der Waals surface area contributed by atoms with Gasteiger partial charge in [-0.25, -0.2) is 9.78 Å². The fourth-order valence-corrected chi connectivity index (χ4v) is 5.41. The van der Waals surface area contributed by atoms with Crippen molar-refractivity contribution in [3.05, 3.63) is 98.4 Å². The van der Waals surface area contributed by atoms with Crippen LogP contribution in [0.4, 0.5) is 5.69 Å². The van der Waals surface area contributed by atoms with Crippen molar-refractivity contribution in [1.82, 2.24) is 9.38 Å². The SMILES string of the molecule is O=C(Cc1ccccc1)Nc1ccccc1C(=O)OCc1cc(=O)n2c3c(sc2n1)CCCC3. The lowest BCUT2D eigenvalue weighted by molar-refractivity contribution is -0.115. The molecule has 0 atom stereocenters. The van der Waals surface area contributed by atoms with Crippen LogP contribution in [-0.2, 0) is 35.4 Å². The first-order chi connectivity index (χ1) is 16.6. The predicted molar refractivity (Wildman–Crippen MR) is 130 cm³/mol. The molecule has 172 valence electrons. The van der Waals surface area contributed by atoms with E-state index in [1.54, 1.807) is 28.7 Å². The molecule has 1 amide bonds. The van der Waals surface area contributed by atoms with E-state index in [-0.39, 0.29) is 30.1 Å². The summed E-state index contributed by atoms with van der Waals surface area (Å²) in [6.45, 7) is -0.126. The molecule has 0 spiro atoms. The maximum Gasteiger partial charge on any atom is 0.340 e. The van der Waals surface area contributed by atoms with Crippen LogP contribution >= 0.6 is 11.3 Å². The highest BCUT2D eigenvalue weighted by molar-refractivity contribution is 7.17. The summed E-state index contributed by atoms with van der Waals surface area (Å²) in [6.07, 6.45) is 4.26. The standard InChI is InChI=1S/C26H23N3O4S/c30-23(14-17-8-2-1-3-9-17)28-20-11-5-4-10-19(20)25(32)33-16-18-15-24(31)29-21-12-6-7-13-22(21)34-26(29)27-18/h1-5,8-11,15H,6-7,12-14,16H2,(H,28,30). The maximum absolute atomic E-state index is 12.8. The topological polar surface area (TPSA) is 89.8 Å². The first kappa shape index (κ1) is 22.0. The number of carbonyl (C=O) groups is 2. The molecule has 4 aromatic rings. The Morgan fingerprint density at radius 3 is 2.65 bits per heavy atom. The highest BCUT2D eigenvalue weighted by Crippen LogP contribution is 2.28. The van der Waals surface area contributed by atoms with E-state index in [0.29, 0.717) is 16.3 Å². The van der Waals surface area contributed by atoms with Gasteiger partial charge >= 0.3 is 5.97 Å². The number of aromatic nitrogens is 2. The van der Waals surface area contributed by atoms with E-state index in [9.17, 15) is 14.4 Å². The average Bonchev–Trinajstić information content (AvgIpc) is 3.22. The molecule has 0 saturated heterocycles. The van der Waals surface area contributed by atoms with Crippen molar-refractivity contribution in [3.63, 3.8) is 0 Å². The van der Waals surface area contributed by atoms with Crippen molar-refractivity contribution < 1.29 is 14.3 Å². The third-order valence-corrected chi connectivity index (χ3v) is 6.94. The van der Waals surface area contributed by atoms with E-state index in [1.807, 2.05) is 30.3 Å². The van der Waals surface area contributed by atoms with Crippen molar-refractivity contribution in [3.8, 4) is 0 Å². The molecule has 0 saturated carbocycles. The first-order valence-electron chi connectivity index (χ1n) is 11.2. The molecule has 2 aromatic carbocycles. The smallest absolute Gasteiger partial charge is 0.340 e. The van der Waals surface area contributed by atoms with E-state index >= 15 is 0 Å². The van der Waals surface area contributed by atoms with Crippen molar-refractivity contribution in [2.75, 3.05) is 5.32 Å². The maximum atomic E-state index is 12.8. The van der Waals surface area contributed by atoms with Crippen molar-refractivity contribution in [1.29, 1.82) is 0 Å². The predicted octanol–water partition coefficient (Wildman–Crippen LogP) is 4.17. The number of thiazole rings is 1. The number of hydrogen-bond donors (Lipinski definition) is 1. The van der Waals surface area contributed by atoms with Gasteiger partial charge in [0, 0.05) is 16.6 Å². The second-order valence-electron chi connectivity index (χ2n) is 8.22. The molecule has 8 heteroatoms. The quantitative estimate of drug-likeness (QED) is 0.425. The largest absolute Gasteiger partial charge is 0.456 e. The first-order valence-corrected chi connectivity index (χ1v) is 12.0.